The maximum atomic E-state index is 2.50. The summed E-state index contributed by atoms with van der Waals surface area (Å²) in [6.45, 7) is 7.35. The van der Waals surface area contributed by atoms with Crippen LogP contribution in [0.15, 0.2) is 30.3 Å². The van der Waals surface area contributed by atoms with E-state index in [0.717, 1.165) is 0 Å². The van der Waals surface area contributed by atoms with Crippen LogP contribution in [0.2, 0.25) is 25.7 Å². The molecule has 0 aromatic heterocycles. The molecule has 0 nitrogen and oxygen atoms in total. The summed E-state index contributed by atoms with van der Waals surface area (Å²) >= 11 is 1.62. The van der Waals surface area contributed by atoms with Crippen molar-refractivity contribution in [2.24, 2.45) is 0 Å². The molecule has 2 rings (SSSR count). The zero-order valence-electron chi connectivity index (χ0n) is 10.4. The van der Waals surface area contributed by atoms with Gasteiger partial charge in [-0.2, -0.15) is 0 Å². The first kappa shape index (κ1) is 17.6. The van der Waals surface area contributed by atoms with E-state index in [0.29, 0.717) is 3.63 Å². The van der Waals surface area contributed by atoms with Crippen LogP contribution >= 0.6 is 0 Å². The molecule has 0 aliphatic heterocycles. The molecule has 1 aliphatic rings. The third-order valence-corrected chi connectivity index (χ3v) is 5.35. The smallest absolute Gasteiger partial charge is 1.00 e. The van der Waals surface area contributed by atoms with Gasteiger partial charge in [0.15, 0.2) is 0 Å². The first-order valence-corrected chi connectivity index (χ1v) is 10.6. The Morgan fingerprint density at radius 1 is 1.12 bits per heavy atom. The van der Waals surface area contributed by atoms with E-state index in [9.17, 15) is 0 Å². The largest absolute Gasteiger partial charge is 1.00 e. The average molecular weight is 363 g/mol. The van der Waals surface area contributed by atoms with Gasteiger partial charge in [0.1, 0.15) is 0 Å². The molecular formula is C13H17Cl2SiZr. The number of hydrogen-bond donors (Lipinski definition) is 0. The van der Waals surface area contributed by atoms with Gasteiger partial charge in [-0.25, -0.2) is 0 Å². The predicted octanol–water partition coefficient (Wildman–Crippen LogP) is -1.98. The zero-order valence-corrected chi connectivity index (χ0v) is 15.4. The van der Waals surface area contributed by atoms with Crippen molar-refractivity contribution in [3.8, 4) is 0 Å². The topological polar surface area (TPSA) is 0 Å². The molecule has 0 radical (unpaired) electrons. The third-order valence-electron chi connectivity index (χ3n) is 2.73. The first-order chi connectivity index (χ1) is 6.97. The van der Waals surface area contributed by atoms with Crippen molar-refractivity contribution >= 4 is 13.6 Å². The fraction of sp³-hybridized carbons (Fsp3) is 0.385. The summed E-state index contributed by atoms with van der Waals surface area (Å²) in [4.78, 5) is 0. The van der Waals surface area contributed by atoms with E-state index in [1.165, 1.54) is 11.6 Å². The van der Waals surface area contributed by atoms with Gasteiger partial charge in [0, 0.05) is 0 Å². The summed E-state index contributed by atoms with van der Waals surface area (Å²) in [6, 6.07) is 10.3. The Hall–Kier alpha value is 0.640. The summed E-state index contributed by atoms with van der Waals surface area (Å²) in [5, 5.41) is 0. The number of allylic oxidation sites excluding steroid dienone is 2. The molecule has 1 atom stereocenters. The Morgan fingerprint density at radius 2 is 1.71 bits per heavy atom. The fourth-order valence-corrected chi connectivity index (χ4v) is 4.73. The van der Waals surface area contributed by atoms with E-state index < -0.39 is 8.07 Å². The standard InChI is InChI=1S/C13H17Si.2ClH.Zr/c1-14(2,3)10-12-9-8-11-6-4-5-7-13(11)12;;;/h4-9H,10H2,1-3H3;2*1H;/q;;;+2/p-2. The van der Waals surface area contributed by atoms with Gasteiger partial charge in [-0.15, -0.1) is 0 Å². The molecule has 0 amide bonds. The SMILES string of the molecule is C[Si](C)(C)CC1=C[CH]([Zr+2])c2ccccc21.[Cl-].[Cl-]. The monoisotopic (exact) mass is 361 g/mol. The van der Waals surface area contributed by atoms with Crippen LogP contribution in [0, 0.1) is 0 Å². The molecule has 91 valence electrons. The quantitative estimate of drug-likeness (QED) is 0.534. The molecule has 0 saturated carbocycles. The van der Waals surface area contributed by atoms with Crippen molar-refractivity contribution < 1.29 is 49.5 Å². The van der Waals surface area contributed by atoms with Gasteiger partial charge in [0.2, 0.25) is 0 Å². The van der Waals surface area contributed by atoms with Crippen LogP contribution in [0.3, 0.4) is 0 Å². The number of rotatable bonds is 2. The summed E-state index contributed by atoms with van der Waals surface area (Å²) in [7, 11) is -0.979. The van der Waals surface area contributed by atoms with Gasteiger partial charge in [0.05, 0.1) is 0 Å². The number of halogens is 2. The van der Waals surface area contributed by atoms with Gasteiger partial charge in [-0.05, 0) is 0 Å². The molecule has 17 heavy (non-hydrogen) atoms. The minimum absolute atomic E-state index is 0. The molecule has 0 heterocycles. The number of benzene rings is 1. The van der Waals surface area contributed by atoms with Crippen molar-refractivity contribution in [3.05, 3.63) is 41.5 Å². The van der Waals surface area contributed by atoms with Crippen LogP contribution in [0.1, 0.15) is 14.8 Å². The van der Waals surface area contributed by atoms with Crippen LogP contribution in [0.5, 0.6) is 0 Å². The third kappa shape index (κ3) is 4.35. The Bertz CT molecular complexity index is 410. The van der Waals surface area contributed by atoms with Gasteiger partial charge in [0.25, 0.3) is 0 Å². The summed E-state index contributed by atoms with van der Waals surface area (Å²) < 4.78 is 0.708. The average Bonchev–Trinajstić information content (AvgIpc) is 2.42. The van der Waals surface area contributed by atoms with Gasteiger partial charge in [-0.1, -0.05) is 0 Å². The molecule has 4 heteroatoms. The first-order valence-electron chi connectivity index (χ1n) is 5.48. The molecule has 0 fully saturated rings. The number of hydrogen-bond acceptors (Lipinski definition) is 0. The van der Waals surface area contributed by atoms with Crippen molar-refractivity contribution in [1.29, 1.82) is 0 Å². The van der Waals surface area contributed by atoms with Crippen LogP contribution in [0.4, 0.5) is 0 Å². The summed E-state index contributed by atoms with van der Waals surface area (Å²) in [6.07, 6.45) is 2.50. The zero-order chi connectivity index (χ0) is 11.1. The molecule has 0 spiro atoms. The van der Waals surface area contributed by atoms with Crippen LogP contribution in [0.25, 0.3) is 5.57 Å². The van der Waals surface area contributed by atoms with Gasteiger partial charge < -0.3 is 24.8 Å². The van der Waals surface area contributed by atoms with Crippen molar-refractivity contribution in [3.63, 3.8) is 0 Å². The molecule has 1 aromatic rings. The predicted molar refractivity (Wildman–Crippen MR) is 65.3 cm³/mol. The fourth-order valence-electron chi connectivity index (χ4n) is 2.17. The van der Waals surface area contributed by atoms with Crippen molar-refractivity contribution in [2.75, 3.05) is 0 Å². The van der Waals surface area contributed by atoms with Crippen LogP contribution in [-0.2, 0) is 24.7 Å². The summed E-state index contributed by atoms with van der Waals surface area (Å²) in [5.41, 5.74) is 4.71. The minimum atomic E-state index is -0.979. The van der Waals surface area contributed by atoms with Crippen LogP contribution in [-0.4, -0.2) is 8.07 Å². The second-order valence-electron chi connectivity index (χ2n) is 5.49. The molecule has 0 bridgehead atoms. The molecule has 1 aromatic carbocycles. The Labute approximate surface area is 133 Å². The van der Waals surface area contributed by atoms with Gasteiger partial charge >= 0.3 is 109 Å². The molecule has 0 saturated heterocycles. The number of fused-ring (bicyclic) bond motifs is 1. The van der Waals surface area contributed by atoms with E-state index in [1.807, 2.05) is 0 Å². The van der Waals surface area contributed by atoms with E-state index in [2.05, 4.69) is 50.0 Å². The van der Waals surface area contributed by atoms with E-state index in [1.54, 1.807) is 35.9 Å². The Kier molecular flexibility index (Phi) is 6.96. The molecular weight excluding hydrogens is 346 g/mol. The second kappa shape index (κ2) is 6.70. The minimum Gasteiger partial charge on any atom is -1.00 e. The molecule has 0 N–H and O–H groups in total. The van der Waals surface area contributed by atoms with Gasteiger partial charge in [-0.3, -0.25) is 0 Å². The molecule has 1 unspecified atom stereocenters. The van der Waals surface area contributed by atoms with Crippen LogP contribution < -0.4 is 24.8 Å². The summed E-state index contributed by atoms with van der Waals surface area (Å²) in [5.74, 6) is 0. The van der Waals surface area contributed by atoms with E-state index >= 15 is 0 Å². The molecule has 1 aliphatic carbocycles. The van der Waals surface area contributed by atoms with E-state index in [4.69, 9.17) is 0 Å². The maximum absolute atomic E-state index is 2.50. The van der Waals surface area contributed by atoms with E-state index in [-0.39, 0.29) is 24.8 Å². The Morgan fingerprint density at radius 3 is 2.29 bits per heavy atom. The Balaban J connectivity index is 0.00000128. The normalized spacial score (nSPS) is 17.7. The van der Waals surface area contributed by atoms with Crippen molar-refractivity contribution in [2.45, 2.75) is 29.3 Å². The maximum Gasteiger partial charge on any atom is -1.00 e. The second-order valence-corrected chi connectivity index (χ2v) is 12.5. The van der Waals surface area contributed by atoms with Crippen molar-refractivity contribution in [1.82, 2.24) is 0 Å².